The first-order valence-electron chi connectivity index (χ1n) is 5.26. The predicted molar refractivity (Wildman–Crippen MR) is 61.9 cm³/mol. The highest BCUT2D eigenvalue weighted by Crippen LogP contribution is 2.10. The highest BCUT2D eigenvalue weighted by atomic mass is 16.6. The lowest BCUT2D eigenvalue weighted by molar-refractivity contribution is -0.158. The average Bonchev–Trinajstić information content (AvgIpc) is 2.20. The van der Waals surface area contributed by atoms with Crippen LogP contribution in [0.1, 0.15) is 33.6 Å². The molecule has 1 unspecified atom stereocenters. The van der Waals surface area contributed by atoms with E-state index >= 15 is 0 Å². The van der Waals surface area contributed by atoms with Crippen molar-refractivity contribution >= 4 is 24.4 Å². The third kappa shape index (κ3) is 7.21. The van der Waals surface area contributed by atoms with E-state index in [4.69, 9.17) is 10.1 Å². The van der Waals surface area contributed by atoms with Gasteiger partial charge in [0.15, 0.2) is 5.78 Å². The van der Waals surface area contributed by atoms with E-state index in [9.17, 15) is 14.4 Å². The lowest BCUT2D eigenvalue weighted by atomic mass is 10.1. The number of esters is 1. The van der Waals surface area contributed by atoms with Crippen LogP contribution in [0.3, 0.4) is 0 Å². The summed E-state index contributed by atoms with van der Waals surface area (Å²) in [6.45, 7) is 5.14. The molecule has 0 spiro atoms. The van der Waals surface area contributed by atoms with Gasteiger partial charge in [-0.2, -0.15) is 0 Å². The van der Waals surface area contributed by atoms with Gasteiger partial charge in [0.2, 0.25) is 6.41 Å². The fraction of sp³-hybridized carbons (Fsp3) is 0.636. The van der Waals surface area contributed by atoms with Crippen LogP contribution in [0.5, 0.6) is 0 Å². The number of carbonyl (C=O) groups excluding carboxylic acids is 3. The molecule has 96 valence electrons. The number of rotatable bonds is 7. The second-order valence-electron chi connectivity index (χ2n) is 4.52. The quantitative estimate of drug-likeness (QED) is 0.384. The zero-order chi connectivity index (χ0) is 13.5. The van der Waals surface area contributed by atoms with Gasteiger partial charge in [0.1, 0.15) is 11.6 Å². The molecule has 0 aliphatic carbocycles. The van der Waals surface area contributed by atoms with Crippen LogP contribution >= 0.6 is 0 Å². The van der Waals surface area contributed by atoms with E-state index in [1.54, 1.807) is 20.8 Å². The maximum atomic E-state index is 11.6. The number of Topliss-reactive ketones (excluding diaryl/α,β-unsaturated/α-hetero) is 1. The predicted octanol–water partition coefficient (Wildman–Crippen LogP) is 0.442. The number of carbonyl (C=O) groups is 3. The van der Waals surface area contributed by atoms with Gasteiger partial charge in [0.25, 0.3) is 0 Å². The molecule has 0 rings (SSSR count). The number of nitrogens with one attached hydrogen (secondary N) is 2. The molecule has 0 fully saturated rings. The largest absolute Gasteiger partial charge is 0.458 e. The first-order valence-corrected chi connectivity index (χ1v) is 5.26. The standard InChI is InChI=1S/C11H18N2O4/c1-11(2,3)17-10(16)9(13-7-14)5-4-8(15)6-12/h6-7,9,12H,4-5H2,1-3H3,(H,13,14). The molecular formula is C11H18N2O4. The van der Waals surface area contributed by atoms with E-state index < -0.39 is 23.4 Å². The summed E-state index contributed by atoms with van der Waals surface area (Å²) < 4.78 is 5.09. The Balaban J connectivity index is 4.40. The van der Waals surface area contributed by atoms with Crippen LogP contribution in [0.4, 0.5) is 0 Å². The number of ketones is 1. The van der Waals surface area contributed by atoms with Crippen LogP contribution in [0.15, 0.2) is 0 Å². The van der Waals surface area contributed by atoms with E-state index in [2.05, 4.69) is 5.32 Å². The first-order chi connectivity index (χ1) is 7.80. The topological polar surface area (TPSA) is 96.3 Å². The highest BCUT2D eigenvalue weighted by Gasteiger charge is 2.24. The fourth-order valence-corrected chi connectivity index (χ4v) is 1.08. The number of hydrogen-bond donors (Lipinski definition) is 2. The van der Waals surface area contributed by atoms with Gasteiger partial charge >= 0.3 is 5.97 Å². The maximum Gasteiger partial charge on any atom is 0.329 e. The van der Waals surface area contributed by atoms with Crippen molar-refractivity contribution in [3.63, 3.8) is 0 Å². The molecular weight excluding hydrogens is 224 g/mol. The molecule has 17 heavy (non-hydrogen) atoms. The minimum Gasteiger partial charge on any atom is -0.458 e. The monoisotopic (exact) mass is 242 g/mol. The van der Waals surface area contributed by atoms with Gasteiger partial charge in [-0.3, -0.25) is 9.59 Å². The normalized spacial score (nSPS) is 12.4. The Bertz CT molecular complexity index is 307. The van der Waals surface area contributed by atoms with Crippen LogP contribution in [0.2, 0.25) is 0 Å². The van der Waals surface area contributed by atoms with Gasteiger partial charge in [-0.05, 0) is 27.2 Å². The van der Waals surface area contributed by atoms with E-state index in [1.807, 2.05) is 0 Å². The van der Waals surface area contributed by atoms with Crippen molar-refractivity contribution < 1.29 is 19.1 Å². The van der Waals surface area contributed by atoms with E-state index in [0.29, 0.717) is 12.6 Å². The molecule has 2 N–H and O–H groups in total. The molecule has 0 radical (unpaired) electrons. The SMILES string of the molecule is CC(C)(C)OC(=O)C(CCC(=O)C=N)NC=O. The van der Waals surface area contributed by atoms with Crippen LogP contribution in [-0.4, -0.2) is 36.0 Å². The average molecular weight is 242 g/mol. The third-order valence-corrected chi connectivity index (χ3v) is 1.80. The molecule has 0 aromatic rings. The zero-order valence-corrected chi connectivity index (χ0v) is 10.3. The summed E-state index contributed by atoms with van der Waals surface area (Å²) in [4.78, 5) is 32.9. The summed E-state index contributed by atoms with van der Waals surface area (Å²) in [7, 11) is 0. The molecule has 0 heterocycles. The smallest absolute Gasteiger partial charge is 0.329 e. The van der Waals surface area contributed by atoms with E-state index in [0.717, 1.165) is 0 Å². The van der Waals surface area contributed by atoms with Crippen molar-refractivity contribution in [2.45, 2.75) is 45.3 Å². The lowest BCUT2D eigenvalue weighted by Gasteiger charge is -2.23. The van der Waals surface area contributed by atoms with Crippen molar-refractivity contribution in [3.05, 3.63) is 0 Å². The van der Waals surface area contributed by atoms with Gasteiger partial charge in [-0.25, -0.2) is 4.79 Å². The van der Waals surface area contributed by atoms with Gasteiger partial charge in [0.05, 0.1) is 6.21 Å². The fourth-order valence-electron chi connectivity index (χ4n) is 1.08. The summed E-state index contributed by atoms with van der Waals surface area (Å²) in [5, 5.41) is 9.03. The third-order valence-electron chi connectivity index (χ3n) is 1.80. The zero-order valence-electron chi connectivity index (χ0n) is 10.3. The van der Waals surface area contributed by atoms with Gasteiger partial charge in [-0.15, -0.1) is 0 Å². The van der Waals surface area contributed by atoms with Crippen LogP contribution in [0, 0.1) is 5.41 Å². The van der Waals surface area contributed by atoms with Crippen molar-refractivity contribution in [1.82, 2.24) is 5.32 Å². The molecule has 0 aliphatic rings. The van der Waals surface area contributed by atoms with Crippen LogP contribution in [-0.2, 0) is 19.1 Å². The van der Waals surface area contributed by atoms with Crippen LogP contribution < -0.4 is 5.32 Å². The van der Waals surface area contributed by atoms with Crippen LogP contribution in [0.25, 0.3) is 0 Å². The highest BCUT2D eigenvalue weighted by molar-refractivity contribution is 6.26. The van der Waals surface area contributed by atoms with Gasteiger partial charge in [-0.1, -0.05) is 0 Å². The Labute approximate surface area is 100 Å². The minimum absolute atomic E-state index is 0.0221. The van der Waals surface area contributed by atoms with E-state index in [-0.39, 0.29) is 12.8 Å². The molecule has 0 aliphatic heterocycles. The molecule has 0 saturated heterocycles. The summed E-state index contributed by atoms with van der Waals surface area (Å²) in [5.41, 5.74) is -0.647. The molecule has 1 atom stereocenters. The molecule has 6 heteroatoms. The first kappa shape index (κ1) is 15.3. The Morgan fingerprint density at radius 1 is 1.41 bits per heavy atom. The molecule has 6 nitrogen and oxygen atoms in total. The summed E-state index contributed by atoms with van der Waals surface area (Å²) >= 11 is 0. The van der Waals surface area contributed by atoms with Crippen molar-refractivity contribution in [2.75, 3.05) is 0 Å². The summed E-state index contributed by atoms with van der Waals surface area (Å²) in [6.07, 6.45) is 1.23. The number of amides is 1. The van der Waals surface area contributed by atoms with Crippen molar-refractivity contribution in [1.29, 1.82) is 5.41 Å². The second-order valence-corrected chi connectivity index (χ2v) is 4.52. The Morgan fingerprint density at radius 2 is 2.00 bits per heavy atom. The van der Waals surface area contributed by atoms with Crippen molar-refractivity contribution in [2.24, 2.45) is 0 Å². The summed E-state index contributed by atoms with van der Waals surface area (Å²) in [5.74, 6) is -0.978. The Morgan fingerprint density at radius 3 is 2.41 bits per heavy atom. The molecule has 0 aromatic heterocycles. The minimum atomic E-state index is -0.851. The van der Waals surface area contributed by atoms with Crippen molar-refractivity contribution in [3.8, 4) is 0 Å². The maximum absolute atomic E-state index is 11.6. The van der Waals surface area contributed by atoms with E-state index in [1.165, 1.54) is 0 Å². The van der Waals surface area contributed by atoms with Gasteiger partial charge in [0, 0.05) is 6.42 Å². The molecule has 0 saturated carbocycles. The number of ether oxygens (including phenoxy) is 1. The number of hydrogen-bond acceptors (Lipinski definition) is 5. The lowest BCUT2D eigenvalue weighted by Crippen LogP contribution is -2.41. The Hall–Kier alpha value is -1.72. The second kappa shape index (κ2) is 6.78. The molecule has 0 bridgehead atoms. The Kier molecular flexibility index (Phi) is 6.09. The molecule has 1 amide bonds. The van der Waals surface area contributed by atoms with Gasteiger partial charge < -0.3 is 15.5 Å². The summed E-state index contributed by atoms with van der Waals surface area (Å²) in [6, 6.07) is -0.851. The molecule has 0 aromatic carbocycles.